The second-order valence-corrected chi connectivity index (χ2v) is 5.59. The van der Waals surface area contributed by atoms with Gasteiger partial charge in [0.15, 0.2) is 16.6 Å². The predicted molar refractivity (Wildman–Crippen MR) is 80.7 cm³/mol. The van der Waals surface area contributed by atoms with Crippen LogP contribution < -0.4 is 15.8 Å². The smallest absolute Gasteiger partial charge is 0.197 e. The van der Waals surface area contributed by atoms with Gasteiger partial charge >= 0.3 is 0 Å². The van der Waals surface area contributed by atoms with Gasteiger partial charge in [0, 0.05) is 6.04 Å². The van der Waals surface area contributed by atoms with Crippen molar-refractivity contribution in [3.8, 4) is 5.75 Å². The minimum absolute atomic E-state index is 0.0127. The van der Waals surface area contributed by atoms with Gasteiger partial charge < -0.3 is 15.8 Å². The van der Waals surface area contributed by atoms with Crippen molar-refractivity contribution in [3.63, 3.8) is 0 Å². The summed E-state index contributed by atoms with van der Waals surface area (Å²) in [5, 5.41) is 4.02. The van der Waals surface area contributed by atoms with E-state index in [0.29, 0.717) is 11.6 Å². The van der Waals surface area contributed by atoms with Crippen LogP contribution in [0.2, 0.25) is 0 Å². The molecule has 0 fully saturated rings. The van der Waals surface area contributed by atoms with E-state index in [9.17, 15) is 4.39 Å². The highest BCUT2D eigenvalue weighted by Crippen LogP contribution is 2.38. The van der Waals surface area contributed by atoms with Crippen molar-refractivity contribution < 1.29 is 9.13 Å². The van der Waals surface area contributed by atoms with Crippen LogP contribution in [0.25, 0.3) is 0 Å². The highest BCUT2D eigenvalue weighted by Gasteiger charge is 2.17. The number of nitrogen functional groups attached to an aromatic ring is 1. The summed E-state index contributed by atoms with van der Waals surface area (Å²) in [5.74, 6) is 0.685. The molecule has 6 heteroatoms. The highest BCUT2D eigenvalue weighted by molar-refractivity contribution is 7.11. The summed E-state index contributed by atoms with van der Waals surface area (Å²) < 4.78 is 23.0. The Morgan fingerprint density at radius 2 is 2.10 bits per heavy atom. The van der Waals surface area contributed by atoms with Gasteiger partial charge in [-0.25, -0.2) is 4.39 Å². The Morgan fingerprint density at radius 3 is 2.75 bits per heavy atom. The maximum atomic E-state index is 13.2. The predicted octanol–water partition coefficient (Wildman–Crippen LogP) is 3.82. The molecule has 2 rings (SSSR count). The van der Waals surface area contributed by atoms with Crippen LogP contribution in [0.5, 0.6) is 5.75 Å². The van der Waals surface area contributed by atoms with Gasteiger partial charge in [0.25, 0.3) is 0 Å². The van der Waals surface area contributed by atoms with E-state index < -0.39 is 0 Å². The van der Waals surface area contributed by atoms with Gasteiger partial charge in [-0.15, -0.1) is 0 Å². The van der Waals surface area contributed by atoms with Gasteiger partial charge in [0.05, 0.1) is 6.10 Å². The average molecular weight is 295 g/mol. The summed E-state index contributed by atoms with van der Waals surface area (Å²) in [4.78, 5) is 0. The molecule has 0 spiro atoms. The lowest BCUT2D eigenvalue weighted by molar-refractivity contribution is 0.245. The van der Waals surface area contributed by atoms with Crippen LogP contribution in [-0.4, -0.2) is 10.5 Å². The van der Waals surface area contributed by atoms with E-state index >= 15 is 0 Å². The van der Waals surface area contributed by atoms with E-state index in [1.807, 2.05) is 26.8 Å². The number of nitrogens with two attached hydrogens (primary N) is 1. The molecule has 2 aromatic rings. The van der Waals surface area contributed by atoms with Crippen LogP contribution in [0, 0.1) is 5.82 Å². The van der Waals surface area contributed by atoms with Crippen LogP contribution in [0.4, 0.5) is 15.2 Å². The van der Waals surface area contributed by atoms with Crippen molar-refractivity contribution in [2.45, 2.75) is 32.9 Å². The van der Waals surface area contributed by atoms with E-state index in [-0.39, 0.29) is 18.0 Å². The third-order valence-electron chi connectivity index (χ3n) is 2.72. The van der Waals surface area contributed by atoms with Crippen molar-refractivity contribution in [1.29, 1.82) is 0 Å². The molecule has 0 bridgehead atoms. The number of aromatic nitrogens is 1. The molecule has 0 aliphatic heterocycles. The molecular formula is C14H18FN3OS. The molecule has 1 aromatic heterocycles. The molecule has 1 heterocycles. The van der Waals surface area contributed by atoms with Gasteiger partial charge in [0.1, 0.15) is 5.82 Å². The first-order valence-electron chi connectivity index (χ1n) is 6.41. The average Bonchev–Trinajstić information content (AvgIpc) is 2.71. The number of ether oxygens (including phenoxy) is 1. The molecule has 1 aromatic carbocycles. The van der Waals surface area contributed by atoms with Crippen LogP contribution in [0.1, 0.15) is 32.4 Å². The third kappa shape index (κ3) is 3.39. The first kappa shape index (κ1) is 14.6. The molecule has 4 nitrogen and oxygen atoms in total. The Balaban J connectivity index is 2.17. The van der Waals surface area contributed by atoms with Crippen molar-refractivity contribution in [2.75, 3.05) is 11.1 Å². The fraction of sp³-hybridized carbons (Fsp3) is 0.357. The minimum atomic E-state index is -0.251. The van der Waals surface area contributed by atoms with Crippen molar-refractivity contribution in [3.05, 3.63) is 35.6 Å². The lowest BCUT2D eigenvalue weighted by atomic mass is 10.1. The Labute approximate surface area is 121 Å². The fourth-order valence-corrected chi connectivity index (χ4v) is 2.53. The molecule has 3 N–H and O–H groups in total. The zero-order chi connectivity index (χ0) is 14.7. The Morgan fingerprint density at radius 1 is 1.35 bits per heavy atom. The number of rotatable bonds is 5. The van der Waals surface area contributed by atoms with Gasteiger partial charge in [-0.05, 0) is 50.0 Å². The van der Waals surface area contributed by atoms with Gasteiger partial charge in [-0.2, -0.15) is 4.37 Å². The lowest BCUT2D eigenvalue weighted by Crippen LogP contribution is -2.10. The number of halogens is 1. The standard InChI is InChI=1S/C14H18FN3OS/c1-8(2)19-12-13(16)18-20-14(12)17-9(3)10-5-4-6-11(15)7-10/h4-9,17H,1-3H3,(H2,16,18). The summed E-state index contributed by atoms with van der Waals surface area (Å²) in [6, 6.07) is 6.42. The lowest BCUT2D eigenvalue weighted by Gasteiger charge is -2.16. The number of nitrogens with zero attached hydrogens (tertiary/aromatic N) is 1. The first-order valence-corrected chi connectivity index (χ1v) is 7.18. The summed E-state index contributed by atoms with van der Waals surface area (Å²) in [7, 11) is 0. The van der Waals surface area contributed by atoms with E-state index in [2.05, 4.69) is 9.69 Å². The van der Waals surface area contributed by atoms with Gasteiger partial charge in [0.2, 0.25) is 0 Å². The van der Waals surface area contributed by atoms with Crippen LogP contribution >= 0.6 is 11.5 Å². The first-order chi connectivity index (χ1) is 9.47. The number of hydrogen-bond donors (Lipinski definition) is 2. The van der Waals surface area contributed by atoms with E-state index in [0.717, 1.165) is 10.6 Å². The Kier molecular flexibility index (Phi) is 4.44. The minimum Gasteiger partial charge on any atom is -0.484 e. The molecule has 1 atom stereocenters. The maximum Gasteiger partial charge on any atom is 0.197 e. The molecule has 0 radical (unpaired) electrons. The fourth-order valence-electron chi connectivity index (χ4n) is 1.79. The number of benzene rings is 1. The summed E-state index contributed by atoms with van der Waals surface area (Å²) >= 11 is 1.24. The monoisotopic (exact) mass is 295 g/mol. The zero-order valence-corrected chi connectivity index (χ0v) is 12.5. The molecule has 108 valence electrons. The molecular weight excluding hydrogens is 277 g/mol. The van der Waals surface area contributed by atoms with Crippen molar-refractivity contribution in [2.24, 2.45) is 0 Å². The molecule has 20 heavy (non-hydrogen) atoms. The zero-order valence-electron chi connectivity index (χ0n) is 11.7. The summed E-state index contributed by atoms with van der Waals surface area (Å²) in [6.45, 7) is 5.80. The third-order valence-corrected chi connectivity index (χ3v) is 3.50. The van der Waals surface area contributed by atoms with Crippen molar-refractivity contribution in [1.82, 2.24) is 4.37 Å². The van der Waals surface area contributed by atoms with Crippen LogP contribution in [0.3, 0.4) is 0 Å². The largest absolute Gasteiger partial charge is 0.484 e. The van der Waals surface area contributed by atoms with Gasteiger partial charge in [-0.1, -0.05) is 12.1 Å². The topological polar surface area (TPSA) is 60.2 Å². The summed E-state index contributed by atoms with van der Waals surface area (Å²) in [5.41, 5.74) is 6.66. The van der Waals surface area contributed by atoms with E-state index in [1.165, 1.54) is 23.7 Å². The molecule has 0 saturated carbocycles. The normalized spacial score (nSPS) is 12.4. The molecule has 0 amide bonds. The van der Waals surface area contributed by atoms with E-state index in [4.69, 9.17) is 10.5 Å². The number of hydrogen-bond acceptors (Lipinski definition) is 5. The Hall–Kier alpha value is -1.82. The quantitative estimate of drug-likeness (QED) is 0.880. The molecule has 0 aliphatic carbocycles. The SMILES string of the molecule is CC(C)Oc1c(N)nsc1NC(C)c1cccc(F)c1. The second kappa shape index (κ2) is 6.09. The highest BCUT2D eigenvalue weighted by atomic mass is 32.1. The number of anilines is 2. The van der Waals surface area contributed by atoms with Gasteiger partial charge in [-0.3, -0.25) is 0 Å². The van der Waals surface area contributed by atoms with E-state index in [1.54, 1.807) is 6.07 Å². The number of nitrogens with one attached hydrogen (secondary N) is 1. The maximum absolute atomic E-state index is 13.2. The molecule has 0 aliphatic rings. The molecule has 0 saturated heterocycles. The summed E-state index contributed by atoms with van der Waals surface area (Å²) in [6.07, 6.45) is 0.0127. The molecule has 1 unspecified atom stereocenters. The second-order valence-electron chi connectivity index (χ2n) is 4.81. The van der Waals surface area contributed by atoms with Crippen LogP contribution in [0.15, 0.2) is 24.3 Å². The van der Waals surface area contributed by atoms with Crippen molar-refractivity contribution >= 4 is 22.4 Å². The van der Waals surface area contributed by atoms with Crippen LogP contribution in [-0.2, 0) is 0 Å². The Bertz CT molecular complexity index is 586.